The van der Waals surface area contributed by atoms with Gasteiger partial charge in [-0.3, -0.25) is 0 Å². The summed E-state index contributed by atoms with van der Waals surface area (Å²) in [4.78, 5) is 4.87. The summed E-state index contributed by atoms with van der Waals surface area (Å²) < 4.78 is 0. The van der Waals surface area contributed by atoms with Gasteiger partial charge in [-0.15, -0.1) is 0 Å². The molecule has 0 aromatic carbocycles. The van der Waals surface area contributed by atoms with E-state index in [1.807, 2.05) is 0 Å². The summed E-state index contributed by atoms with van der Waals surface area (Å²) in [6.45, 7) is 9.62. The third-order valence-electron chi connectivity index (χ3n) is 3.66. The number of hydrogen-bond acceptors (Lipinski definition) is 3. The Balaban J connectivity index is 2.12. The Kier molecular flexibility index (Phi) is 7.09. The van der Waals surface area contributed by atoms with Gasteiger partial charge in [-0.05, 0) is 72.9 Å². The quantitative estimate of drug-likeness (QED) is 0.733. The molecule has 0 radical (unpaired) electrons. The van der Waals surface area contributed by atoms with Gasteiger partial charge in [0.2, 0.25) is 0 Å². The van der Waals surface area contributed by atoms with Gasteiger partial charge < -0.3 is 15.1 Å². The first kappa shape index (κ1) is 14.9. The van der Waals surface area contributed by atoms with Crippen molar-refractivity contribution in [3.05, 3.63) is 0 Å². The maximum absolute atomic E-state index is 3.78. The average molecular weight is 241 g/mol. The SMILES string of the molecule is CCCN1CCC(NC(C)CCN(C)C)CC1. The van der Waals surface area contributed by atoms with Crippen molar-refractivity contribution < 1.29 is 0 Å². The van der Waals surface area contributed by atoms with Crippen LogP contribution in [0.2, 0.25) is 0 Å². The summed E-state index contributed by atoms with van der Waals surface area (Å²) in [6.07, 6.45) is 5.19. The van der Waals surface area contributed by atoms with Gasteiger partial charge in [-0.1, -0.05) is 6.92 Å². The molecule has 1 fully saturated rings. The molecule has 1 N–H and O–H groups in total. The van der Waals surface area contributed by atoms with Gasteiger partial charge in [-0.25, -0.2) is 0 Å². The van der Waals surface area contributed by atoms with Crippen LogP contribution in [0.1, 0.15) is 39.5 Å². The fraction of sp³-hybridized carbons (Fsp3) is 1.00. The molecule has 17 heavy (non-hydrogen) atoms. The Labute approximate surface area is 108 Å². The molecule has 1 saturated heterocycles. The number of likely N-dealkylation sites (tertiary alicyclic amines) is 1. The van der Waals surface area contributed by atoms with E-state index in [9.17, 15) is 0 Å². The standard InChI is InChI=1S/C14H31N3/c1-5-9-17-11-7-14(8-12-17)15-13(2)6-10-16(3)4/h13-15H,5-12H2,1-4H3. The molecule has 3 nitrogen and oxygen atoms in total. The Hall–Kier alpha value is -0.120. The minimum Gasteiger partial charge on any atom is -0.311 e. The topological polar surface area (TPSA) is 18.5 Å². The third kappa shape index (κ3) is 6.39. The predicted octanol–water partition coefficient (Wildman–Crippen LogP) is 1.79. The van der Waals surface area contributed by atoms with Crippen molar-refractivity contribution in [3.8, 4) is 0 Å². The van der Waals surface area contributed by atoms with Crippen molar-refractivity contribution in [1.82, 2.24) is 15.1 Å². The first-order valence-corrected chi connectivity index (χ1v) is 7.25. The minimum absolute atomic E-state index is 0.653. The van der Waals surface area contributed by atoms with E-state index < -0.39 is 0 Å². The van der Waals surface area contributed by atoms with Crippen LogP contribution in [0.3, 0.4) is 0 Å². The molecule has 1 rings (SSSR count). The van der Waals surface area contributed by atoms with E-state index in [0.29, 0.717) is 6.04 Å². The summed E-state index contributed by atoms with van der Waals surface area (Å²) in [5.41, 5.74) is 0. The average Bonchev–Trinajstić information content (AvgIpc) is 2.29. The van der Waals surface area contributed by atoms with Crippen LogP contribution in [0.5, 0.6) is 0 Å². The summed E-state index contributed by atoms with van der Waals surface area (Å²) in [7, 11) is 4.30. The molecule has 1 aliphatic heterocycles. The lowest BCUT2D eigenvalue weighted by molar-refractivity contribution is 0.189. The van der Waals surface area contributed by atoms with E-state index in [-0.39, 0.29) is 0 Å². The van der Waals surface area contributed by atoms with E-state index in [1.165, 1.54) is 51.9 Å². The molecule has 0 aromatic heterocycles. The van der Waals surface area contributed by atoms with Crippen LogP contribution in [-0.2, 0) is 0 Å². The van der Waals surface area contributed by atoms with E-state index in [2.05, 4.69) is 43.1 Å². The van der Waals surface area contributed by atoms with E-state index in [4.69, 9.17) is 0 Å². The van der Waals surface area contributed by atoms with Crippen molar-refractivity contribution in [2.75, 3.05) is 40.3 Å². The predicted molar refractivity (Wildman–Crippen MR) is 75.5 cm³/mol. The second-order valence-electron chi connectivity index (χ2n) is 5.78. The first-order chi connectivity index (χ1) is 8.11. The third-order valence-corrected chi connectivity index (χ3v) is 3.66. The number of hydrogen-bond donors (Lipinski definition) is 1. The van der Waals surface area contributed by atoms with Crippen LogP contribution >= 0.6 is 0 Å². The molecular weight excluding hydrogens is 210 g/mol. The van der Waals surface area contributed by atoms with E-state index in [0.717, 1.165) is 6.04 Å². The molecule has 1 atom stereocenters. The molecular formula is C14H31N3. The van der Waals surface area contributed by atoms with E-state index in [1.54, 1.807) is 0 Å². The van der Waals surface area contributed by atoms with Crippen LogP contribution in [0, 0.1) is 0 Å². The maximum atomic E-state index is 3.78. The fourth-order valence-corrected chi connectivity index (χ4v) is 2.58. The normalized spacial score (nSPS) is 21.0. The van der Waals surface area contributed by atoms with Crippen LogP contribution in [0.25, 0.3) is 0 Å². The Bertz CT molecular complexity index is 186. The Morgan fingerprint density at radius 2 is 1.94 bits per heavy atom. The Morgan fingerprint density at radius 3 is 2.47 bits per heavy atom. The van der Waals surface area contributed by atoms with Crippen LogP contribution < -0.4 is 5.32 Å². The lowest BCUT2D eigenvalue weighted by atomic mass is 10.0. The molecule has 102 valence electrons. The molecule has 0 bridgehead atoms. The lowest BCUT2D eigenvalue weighted by Crippen LogP contribution is -2.46. The second kappa shape index (κ2) is 8.06. The highest BCUT2D eigenvalue weighted by atomic mass is 15.1. The van der Waals surface area contributed by atoms with Crippen LogP contribution in [0.4, 0.5) is 0 Å². The summed E-state index contributed by atoms with van der Waals surface area (Å²) in [5.74, 6) is 0. The van der Waals surface area contributed by atoms with Crippen LogP contribution in [0.15, 0.2) is 0 Å². The molecule has 0 aromatic rings. The van der Waals surface area contributed by atoms with E-state index >= 15 is 0 Å². The van der Waals surface area contributed by atoms with Crippen molar-refractivity contribution in [2.45, 2.75) is 51.6 Å². The van der Waals surface area contributed by atoms with Gasteiger partial charge in [-0.2, -0.15) is 0 Å². The largest absolute Gasteiger partial charge is 0.311 e. The summed E-state index contributed by atoms with van der Waals surface area (Å²) in [5, 5.41) is 3.78. The lowest BCUT2D eigenvalue weighted by Gasteiger charge is -2.34. The zero-order valence-corrected chi connectivity index (χ0v) is 12.2. The zero-order chi connectivity index (χ0) is 12.7. The number of nitrogens with zero attached hydrogens (tertiary/aromatic N) is 2. The monoisotopic (exact) mass is 241 g/mol. The molecule has 0 spiro atoms. The molecule has 0 amide bonds. The van der Waals surface area contributed by atoms with Gasteiger partial charge in [0.15, 0.2) is 0 Å². The van der Waals surface area contributed by atoms with Crippen molar-refractivity contribution >= 4 is 0 Å². The fourth-order valence-electron chi connectivity index (χ4n) is 2.58. The van der Waals surface area contributed by atoms with Crippen molar-refractivity contribution in [1.29, 1.82) is 0 Å². The second-order valence-corrected chi connectivity index (χ2v) is 5.78. The summed E-state index contributed by atoms with van der Waals surface area (Å²) in [6, 6.07) is 1.40. The molecule has 1 heterocycles. The van der Waals surface area contributed by atoms with Crippen LogP contribution in [-0.4, -0.2) is 62.2 Å². The van der Waals surface area contributed by atoms with Gasteiger partial charge in [0.05, 0.1) is 0 Å². The van der Waals surface area contributed by atoms with Gasteiger partial charge in [0, 0.05) is 12.1 Å². The van der Waals surface area contributed by atoms with Gasteiger partial charge in [0.1, 0.15) is 0 Å². The Morgan fingerprint density at radius 1 is 1.29 bits per heavy atom. The van der Waals surface area contributed by atoms with Crippen molar-refractivity contribution in [3.63, 3.8) is 0 Å². The highest BCUT2D eigenvalue weighted by Gasteiger charge is 2.19. The molecule has 1 aliphatic rings. The van der Waals surface area contributed by atoms with Gasteiger partial charge >= 0.3 is 0 Å². The zero-order valence-electron chi connectivity index (χ0n) is 12.2. The molecule has 0 aliphatic carbocycles. The summed E-state index contributed by atoms with van der Waals surface area (Å²) >= 11 is 0. The molecule has 0 saturated carbocycles. The maximum Gasteiger partial charge on any atom is 0.00938 e. The van der Waals surface area contributed by atoms with Crippen molar-refractivity contribution in [2.24, 2.45) is 0 Å². The number of nitrogens with one attached hydrogen (secondary N) is 1. The number of piperidine rings is 1. The highest BCUT2D eigenvalue weighted by molar-refractivity contribution is 4.79. The number of rotatable bonds is 7. The molecule has 3 heteroatoms. The molecule has 1 unspecified atom stereocenters. The minimum atomic E-state index is 0.653. The van der Waals surface area contributed by atoms with Gasteiger partial charge in [0.25, 0.3) is 0 Å². The highest BCUT2D eigenvalue weighted by Crippen LogP contribution is 2.11. The smallest absolute Gasteiger partial charge is 0.00938 e. The first-order valence-electron chi connectivity index (χ1n) is 7.25.